The molecule has 1 aliphatic heterocycles. The molecular formula is C19H18N3O6P. The number of terminal acetylenes is 1. The van der Waals surface area contributed by atoms with Crippen LogP contribution < -0.4 is 11.4 Å². The maximum absolute atomic E-state index is 12.2. The van der Waals surface area contributed by atoms with Gasteiger partial charge >= 0.3 is 13.5 Å². The lowest BCUT2D eigenvalue weighted by molar-refractivity contribution is -0.0243. The van der Waals surface area contributed by atoms with Crippen LogP contribution in [-0.2, 0) is 13.8 Å². The quantitative estimate of drug-likeness (QED) is 0.497. The zero-order valence-corrected chi connectivity index (χ0v) is 16.1. The van der Waals surface area contributed by atoms with Crippen molar-refractivity contribution in [3.8, 4) is 24.2 Å². The highest BCUT2D eigenvalue weighted by atomic mass is 31.2. The van der Waals surface area contributed by atoms with Crippen LogP contribution in [0, 0.1) is 24.2 Å². The van der Waals surface area contributed by atoms with Gasteiger partial charge in [0, 0.05) is 17.3 Å². The molecule has 0 bridgehead atoms. The van der Waals surface area contributed by atoms with Crippen molar-refractivity contribution in [1.82, 2.24) is 9.55 Å². The molecule has 1 aliphatic rings. The SMILES string of the molecule is C#Cc1ccc(C#Cc2cn([C@H]3CC[C@@H](COP(=O)(O)O)O3)c(=O)nc2N)cc1. The molecule has 1 fully saturated rings. The summed E-state index contributed by atoms with van der Waals surface area (Å²) in [5.74, 6) is 8.34. The molecule has 2 atom stereocenters. The van der Waals surface area contributed by atoms with Gasteiger partial charge in [0.15, 0.2) is 0 Å². The van der Waals surface area contributed by atoms with Gasteiger partial charge in [-0.2, -0.15) is 4.98 Å². The number of phosphoric ester groups is 1. The summed E-state index contributed by atoms with van der Waals surface area (Å²) in [6, 6.07) is 7.07. The highest BCUT2D eigenvalue weighted by Crippen LogP contribution is 2.38. The molecule has 3 rings (SSSR count). The molecule has 150 valence electrons. The smallest absolute Gasteiger partial charge is 0.382 e. The lowest BCUT2D eigenvalue weighted by Gasteiger charge is -2.16. The van der Waals surface area contributed by atoms with Crippen LogP contribution in [0.5, 0.6) is 0 Å². The number of nitrogen functional groups attached to an aromatic ring is 1. The molecule has 0 unspecified atom stereocenters. The minimum absolute atomic E-state index is 0.00150. The summed E-state index contributed by atoms with van der Waals surface area (Å²) in [5.41, 5.74) is 7.02. The molecule has 29 heavy (non-hydrogen) atoms. The van der Waals surface area contributed by atoms with Crippen molar-refractivity contribution < 1.29 is 23.6 Å². The van der Waals surface area contributed by atoms with Crippen molar-refractivity contribution in [2.45, 2.75) is 25.2 Å². The molecule has 4 N–H and O–H groups in total. The highest BCUT2D eigenvalue weighted by Gasteiger charge is 2.30. The number of aromatic nitrogens is 2. The molecule has 2 aromatic rings. The van der Waals surface area contributed by atoms with Crippen molar-refractivity contribution in [3.63, 3.8) is 0 Å². The van der Waals surface area contributed by atoms with Crippen molar-refractivity contribution in [3.05, 3.63) is 57.6 Å². The summed E-state index contributed by atoms with van der Waals surface area (Å²) in [5, 5.41) is 0. The Bertz CT molecular complexity index is 1100. The number of benzene rings is 1. The Balaban J connectivity index is 1.78. The molecule has 0 saturated carbocycles. The monoisotopic (exact) mass is 415 g/mol. The van der Waals surface area contributed by atoms with E-state index in [2.05, 4.69) is 27.3 Å². The maximum atomic E-state index is 12.2. The molecule has 0 aliphatic carbocycles. The van der Waals surface area contributed by atoms with E-state index in [9.17, 15) is 9.36 Å². The third-order valence-corrected chi connectivity index (χ3v) is 4.68. The Morgan fingerprint density at radius 3 is 2.62 bits per heavy atom. The van der Waals surface area contributed by atoms with Gasteiger partial charge in [0.05, 0.1) is 18.3 Å². The summed E-state index contributed by atoms with van der Waals surface area (Å²) in [6.45, 7) is -0.280. The highest BCUT2D eigenvalue weighted by molar-refractivity contribution is 7.46. The Hall–Kier alpha value is -2.91. The summed E-state index contributed by atoms with van der Waals surface area (Å²) >= 11 is 0. The Morgan fingerprint density at radius 2 is 1.97 bits per heavy atom. The van der Waals surface area contributed by atoms with E-state index in [1.165, 1.54) is 10.8 Å². The number of hydrogen-bond acceptors (Lipinski definition) is 6. The Kier molecular flexibility index (Phi) is 6.19. The molecule has 10 heteroatoms. The first-order valence-corrected chi connectivity index (χ1v) is 10.1. The van der Waals surface area contributed by atoms with Gasteiger partial charge in [0.1, 0.15) is 12.0 Å². The van der Waals surface area contributed by atoms with Gasteiger partial charge in [0.2, 0.25) is 0 Å². The number of hydrogen-bond donors (Lipinski definition) is 3. The second-order valence-corrected chi connectivity index (χ2v) is 7.52. The second-order valence-electron chi connectivity index (χ2n) is 6.28. The van der Waals surface area contributed by atoms with Crippen LogP contribution in [0.4, 0.5) is 5.82 Å². The van der Waals surface area contributed by atoms with Crippen LogP contribution in [0.15, 0.2) is 35.3 Å². The maximum Gasteiger partial charge on any atom is 0.469 e. The van der Waals surface area contributed by atoms with E-state index in [0.717, 1.165) is 5.56 Å². The van der Waals surface area contributed by atoms with Gasteiger partial charge in [-0.05, 0) is 37.1 Å². The van der Waals surface area contributed by atoms with Gasteiger partial charge in [-0.15, -0.1) is 6.42 Å². The number of ether oxygens (including phenoxy) is 1. The average Bonchev–Trinajstić information content (AvgIpc) is 3.14. The van der Waals surface area contributed by atoms with E-state index in [1.54, 1.807) is 24.3 Å². The summed E-state index contributed by atoms with van der Waals surface area (Å²) < 4.78 is 22.2. The number of nitrogens with two attached hydrogens (primary N) is 1. The van der Waals surface area contributed by atoms with E-state index >= 15 is 0 Å². The summed E-state index contributed by atoms with van der Waals surface area (Å²) in [7, 11) is -4.58. The van der Waals surface area contributed by atoms with Crippen LogP contribution in [-0.4, -0.2) is 32.0 Å². The number of rotatable bonds is 4. The van der Waals surface area contributed by atoms with Gasteiger partial charge in [0.25, 0.3) is 0 Å². The summed E-state index contributed by atoms with van der Waals surface area (Å²) in [6.07, 6.45) is 6.48. The lowest BCUT2D eigenvalue weighted by atomic mass is 10.1. The zero-order chi connectivity index (χ0) is 21.0. The summed E-state index contributed by atoms with van der Waals surface area (Å²) in [4.78, 5) is 33.6. The second kappa shape index (κ2) is 8.62. The molecule has 2 heterocycles. The minimum Gasteiger partial charge on any atom is -0.382 e. The molecule has 0 spiro atoms. The van der Waals surface area contributed by atoms with Gasteiger partial charge in [-0.1, -0.05) is 17.8 Å². The van der Waals surface area contributed by atoms with E-state index in [-0.39, 0.29) is 12.4 Å². The van der Waals surface area contributed by atoms with Crippen molar-refractivity contribution in [1.29, 1.82) is 0 Å². The molecule has 1 aromatic carbocycles. The normalized spacial score (nSPS) is 18.7. The number of phosphoric acid groups is 1. The average molecular weight is 415 g/mol. The van der Waals surface area contributed by atoms with E-state index in [4.69, 9.17) is 26.7 Å². The molecule has 1 saturated heterocycles. The Morgan fingerprint density at radius 1 is 1.28 bits per heavy atom. The molecular weight excluding hydrogens is 397 g/mol. The van der Waals surface area contributed by atoms with Gasteiger partial charge < -0.3 is 20.3 Å². The van der Waals surface area contributed by atoms with Gasteiger partial charge in [-0.3, -0.25) is 9.09 Å². The van der Waals surface area contributed by atoms with E-state index in [0.29, 0.717) is 24.0 Å². The third-order valence-electron chi connectivity index (χ3n) is 4.20. The Labute approximate surface area is 166 Å². The van der Waals surface area contributed by atoms with E-state index < -0.39 is 25.8 Å². The fourth-order valence-electron chi connectivity index (χ4n) is 2.77. The first kappa shape index (κ1) is 20.8. The third kappa shape index (κ3) is 5.55. The van der Waals surface area contributed by atoms with E-state index in [1.807, 2.05) is 0 Å². The predicted octanol–water partition coefficient (Wildman–Crippen LogP) is 0.994. The standard InChI is InChI=1S/C19H18N3O6P/c1-2-13-3-5-14(6-4-13)7-8-15-11-22(19(23)21-18(15)20)17-10-9-16(28-17)12-27-29(24,25)26/h1,3-6,11,16-17H,9-10,12H2,(H2,20,21,23)(H2,24,25,26)/t16-,17+/m0/s1. The number of nitrogens with zero attached hydrogens (tertiary/aromatic N) is 2. The first-order valence-electron chi connectivity index (χ1n) is 8.58. The molecule has 0 radical (unpaired) electrons. The van der Waals surface area contributed by atoms with Crippen LogP contribution in [0.3, 0.4) is 0 Å². The largest absolute Gasteiger partial charge is 0.469 e. The van der Waals surface area contributed by atoms with Crippen LogP contribution in [0.1, 0.15) is 35.8 Å². The fraction of sp³-hybridized carbons (Fsp3) is 0.263. The van der Waals surface area contributed by atoms with Crippen molar-refractivity contribution >= 4 is 13.6 Å². The zero-order valence-electron chi connectivity index (χ0n) is 15.2. The van der Waals surface area contributed by atoms with Crippen LogP contribution >= 0.6 is 7.82 Å². The molecule has 1 aromatic heterocycles. The lowest BCUT2D eigenvalue weighted by Crippen LogP contribution is -2.29. The topological polar surface area (TPSA) is 137 Å². The van der Waals surface area contributed by atoms with Gasteiger partial charge in [-0.25, -0.2) is 9.36 Å². The number of anilines is 1. The van der Waals surface area contributed by atoms with Crippen molar-refractivity contribution in [2.24, 2.45) is 0 Å². The van der Waals surface area contributed by atoms with Crippen LogP contribution in [0.2, 0.25) is 0 Å². The minimum atomic E-state index is -4.58. The molecule has 0 amide bonds. The fourth-order valence-corrected chi connectivity index (χ4v) is 3.13. The van der Waals surface area contributed by atoms with Crippen LogP contribution in [0.25, 0.3) is 0 Å². The first-order chi connectivity index (χ1) is 13.7. The predicted molar refractivity (Wildman–Crippen MR) is 104 cm³/mol. The van der Waals surface area contributed by atoms with Crippen molar-refractivity contribution in [2.75, 3.05) is 12.3 Å². The molecule has 9 nitrogen and oxygen atoms in total.